The molecule has 1 aliphatic heterocycles. The second-order valence-electron chi connectivity index (χ2n) is 9.24. The fraction of sp³-hybridized carbons (Fsp3) is 0.458. The molecule has 0 bridgehead atoms. The first-order valence-electron chi connectivity index (χ1n) is 10.4. The maximum Gasteiger partial charge on any atom is 0.224 e. The fourth-order valence-electron chi connectivity index (χ4n) is 3.79. The van der Waals surface area contributed by atoms with Gasteiger partial charge in [-0.2, -0.15) is 0 Å². The Labute approximate surface area is 187 Å². The average Bonchev–Trinajstić information content (AvgIpc) is 2.88. The van der Waals surface area contributed by atoms with E-state index in [9.17, 15) is 13.6 Å². The summed E-state index contributed by atoms with van der Waals surface area (Å²) >= 11 is 5.98. The standard InChI is InChI=1S/C24H29ClF2N2O2/c1-15-9-19(13-20(27)23(15)28-22(30)14-24(2,3)4)29-6-5-21(31-8-7-29)16-10-17(25)12-18(26)11-16/h9-13,21H,5-8,14H2,1-4H3,(H,28,30)/t21-/m1/s1. The molecule has 0 spiro atoms. The summed E-state index contributed by atoms with van der Waals surface area (Å²) in [7, 11) is 0. The quantitative estimate of drug-likeness (QED) is 0.596. The third-order valence-electron chi connectivity index (χ3n) is 5.19. The van der Waals surface area contributed by atoms with Crippen molar-refractivity contribution in [2.24, 2.45) is 5.41 Å². The van der Waals surface area contributed by atoms with Crippen molar-refractivity contribution in [3.63, 3.8) is 0 Å². The molecule has 0 saturated carbocycles. The Bertz CT molecular complexity index is 916. The Morgan fingerprint density at radius 2 is 1.94 bits per heavy atom. The second-order valence-corrected chi connectivity index (χ2v) is 9.68. The van der Waals surface area contributed by atoms with Crippen LogP contribution in [0.3, 0.4) is 0 Å². The van der Waals surface area contributed by atoms with E-state index in [-0.39, 0.29) is 23.1 Å². The van der Waals surface area contributed by atoms with Gasteiger partial charge in [0.25, 0.3) is 0 Å². The van der Waals surface area contributed by atoms with Gasteiger partial charge in [-0.1, -0.05) is 32.4 Å². The molecule has 1 amide bonds. The minimum Gasteiger partial charge on any atom is -0.372 e. The first-order chi connectivity index (χ1) is 14.5. The number of ether oxygens (including phenoxy) is 1. The van der Waals surface area contributed by atoms with Crippen LogP contribution in [0.4, 0.5) is 20.2 Å². The molecule has 1 fully saturated rings. The monoisotopic (exact) mass is 450 g/mol. The molecule has 0 unspecified atom stereocenters. The molecule has 1 N–H and O–H groups in total. The number of carbonyl (C=O) groups excluding carboxylic acids is 1. The van der Waals surface area contributed by atoms with Crippen LogP contribution in [0.2, 0.25) is 5.02 Å². The van der Waals surface area contributed by atoms with Gasteiger partial charge < -0.3 is 15.0 Å². The molecule has 1 atom stereocenters. The third kappa shape index (κ3) is 6.40. The van der Waals surface area contributed by atoms with E-state index in [2.05, 4.69) is 5.32 Å². The minimum absolute atomic E-state index is 0.178. The Morgan fingerprint density at radius 1 is 1.19 bits per heavy atom. The molecule has 0 radical (unpaired) electrons. The maximum atomic E-state index is 14.9. The number of amides is 1. The number of rotatable bonds is 4. The van der Waals surface area contributed by atoms with E-state index in [4.69, 9.17) is 16.3 Å². The number of nitrogens with one attached hydrogen (secondary N) is 1. The van der Waals surface area contributed by atoms with E-state index in [1.807, 2.05) is 31.7 Å². The Hall–Kier alpha value is -2.18. The highest BCUT2D eigenvalue weighted by atomic mass is 35.5. The molecule has 3 rings (SSSR count). The molecule has 4 nitrogen and oxygen atoms in total. The molecule has 1 saturated heterocycles. The number of anilines is 2. The van der Waals surface area contributed by atoms with E-state index in [1.54, 1.807) is 13.0 Å². The zero-order valence-electron chi connectivity index (χ0n) is 18.4. The highest BCUT2D eigenvalue weighted by molar-refractivity contribution is 6.30. The number of benzene rings is 2. The van der Waals surface area contributed by atoms with Crippen molar-refractivity contribution < 1.29 is 18.3 Å². The van der Waals surface area contributed by atoms with E-state index in [1.165, 1.54) is 18.2 Å². The van der Waals surface area contributed by atoms with Gasteiger partial charge in [0.15, 0.2) is 0 Å². The second kappa shape index (κ2) is 9.53. The van der Waals surface area contributed by atoms with E-state index in [0.29, 0.717) is 48.7 Å². The van der Waals surface area contributed by atoms with Crippen molar-refractivity contribution in [3.05, 3.63) is 58.1 Å². The summed E-state index contributed by atoms with van der Waals surface area (Å²) in [4.78, 5) is 14.3. The first kappa shape index (κ1) is 23.5. The molecular weight excluding hydrogens is 422 g/mol. The summed E-state index contributed by atoms with van der Waals surface area (Å²) in [6, 6.07) is 7.73. The zero-order chi connectivity index (χ0) is 22.8. The SMILES string of the molecule is Cc1cc(N2CCO[C@@H](c3cc(F)cc(Cl)c3)CC2)cc(F)c1NC(=O)CC(C)(C)C. The van der Waals surface area contributed by atoms with Crippen LogP contribution in [0.5, 0.6) is 0 Å². The highest BCUT2D eigenvalue weighted by Gasteiger charge is 2.23. The lowest BCUT2D eigenvalue weighted by atomic mass is 9.92. The molecule has 2 aromatic carbocycles. The van der Waals surface area contributed by atoms with Crippen molar-refractivity contribution in [1.82, 2.24) is 0 Å². The first-order valence-corrected chi connectivity index (χ1v) is 10.8. The third-order valence-corrected chi connectivity index (χ3v) is 5.41. The molecule has 168 valence electrons. The van der Waals surface area contributed by atoms with Gasteiger partial charge in [-0.15, -0.1) is 0 Å². The zero-order valence-corrected chi connectivity index (χ0v) is 19.2. The van der Waals surface area contributed by atoms with Crippen LogP contribution in [0.1, 0.15) is 50.8 Å². The molecule has 1 heterocycles. The normalized spacial score (nSPS) is 17.4. The predicted octanol–water partition coefficient (Wildman–Crippen LogP) is 6.27. The predicted molar refractivity (Wildman–Crippen MR) is 121 cm³/mol. The molecule has 7 heteroatoms. The van der Waals surface area contributed by atoms with Gasteiger partial charge in [-0.25, -0.2) is 8.78 Å². The minimum atomic E-state index is -0.462. The van der Waals surface area contributed by atoms with Crippen LogP contribution in [0.25, 0.3) is 0 Å². The van der Waals surface area contributed by atoms with Crippen molar-refractivity contribution >= 4 is 28.9 Å². The molecule has 31 heavy (non-hydrogen) atoms. The molecule has 0 aliphatic carbocycles. The van der Waals surface area contributed by atoms with Gasteiger partial charge in [0, 0.05) is 30.2 Å². The van der Waals surface area contributed by atoms with E-state index < -0.39 is 11.6 Å². The Morgan fingerprint density at radius 3 is 2.58 bits per heavy atom. The summed E-state index contributed by atoms with van der Waals surface area (Å²) in [6.45, 7) is 9.29. The van der Waals surface area contributed by atoms with Crippen LogP contribution in [-0.2, 0) is 9.53 Å². The van der Waals surface area contributed by atoms with E-state index >= 15 is 0 Å². The molecule has 0 aromatic heterocycles. The van der Waals surface area contributed by atoms with E-state index in [0.717, 1.165) is 5.69 Å². The van der Waals surface area contributed by atoms with Gasteiger partial charge in [-0.05, 0) is 60.2 Å². The summed E-state index contributed by atoms with van der Waals surface area (Å²) in [5.41, 5.74) is 2.13. The fourth-order valence-corrected chi connectivity index (χ4v) is 4.02. The average molecular weight is 451 g/mol. The lowest BCUT2D eigenvalue weighted by molar-refractivity contribution is -0.117. The number of carbonyl (C=O) groups is 1. The lowest BCUT2D eigenvalue weighted by Gasteiger charge is -2.24. The smallest absolute Gasteiger partial charge is 0.224 e. The Kier molecular flexibility index (Phi) is 7.22. The van der Waals surface area contributed by atoms with Crippen LogP contribution < -0.4 is 10.2 Å². The van der Waals surface area contributed by atoms with Gasteiger partial charge in [0.05, 0.1) is 18.4 Å². The summed E-state index contributed by atoms with van der Waals surface area (Å²) in [6.07, 6.45) is 0.646. The number of nitrogens with zero attached hydrogens (tertiary/aromatic N) is 1. The van der Waals surface area contributed by atoms with Gasteiger partial charge in [0.1, 0.15) is 11.6 Å². The van der Waals surface area contributed by atoms with Crippen molar-refractivity contribution in [2.45, 2.75) is 46.6 Å². The van der Waals surface area contributed by atoms with Crippen LogP contribution in [0, 0.1) is 24.0 Å². The van der Waals surface area contributed by atoms with Gasteiger partial charge >= 0.3 is 0 Å². The van der Waals surface area contributed by atoms with Gasteiger partial charge in [-0.3, -0.25) is 4.79 Å². The number of aryl methyl sites for hydroxylation is 1. The van der Waals surface area contributed by atoms with Crippen molar-refractivity contribution in [3.8, 4) is 0 Å². The topological polar surface area (TPSA) is 41.6 Å². The Balaban J connectivity index is 1.72. The van der Waals surface area contributed by atoms with Crippen molar-refractivity contribution in [2.75, 3.05) is 29.9 Å². The number of hydrogen-bond acceptors (Lipinski definition) is 3. The number of hydrogen-bond donors (Lipinski definition) is 1. The van der Waals surface area contributed by atoms with Crippen LogP contribution in [-0.4, -0.2) is 25.6 Å². The van der Waals surface area contributed by atoms with Crippen LogP contribution in [0.15, 0.2) is 30.3 Å². The molecule has 1 aliphatic rings. The lowest BCUT2D eigenvalue weighted by Crippen LogP contribution is -2.26. The number of halogens is 3. The maximum absolute atomic E-state index is 14.9. The summed E-state index contributed by atoms with van der Waals surface area (Å²) in [5, 5.41) is 3.05. The largest absolute Gasteiger partial charge is 0.372 e. The molecule has 2 aromatic rings. The molecular formula is C24H29ClF2N2O2. The summed E-state index contributed by atoms with van der Waals surface area (Å²) < 4.78 is 34.5. The van der Waals surface area contributed by atoms with Crippen LogP contribution >= 0.6 is 11.6 Å². The van der Waals surface area contributed by atoms with Crippen molar-refractivity contribution in [1.29, 1.82) is 0 Å². The highest BCUT2D eigenvalue weighted by Crippen LogP contribution is 2.31. The summed E-state index contributed by atoms with van der Waals surface area (Å²) in [5.74, 6) is -1.06. The van der Waals surface area contributed by atoms with Gasteiger partial charge in [0.2, 0.25) is 5.91 Å².